The van der Waals surface area contributed by atoms with Crippen molar-refractivity contribution in [2.24, 2.45) is 0 Å². The number of nitrogens with zero attached hydrogens (tertiary/aromatic N) is 4. The molecule has 0 spiro atoms. The van der Waals surface area contributed by atoms with E-state index in [2.05, 4.69) is 9.97 Å². The largest absolute Gasteiger partial charge is 0.449 e. The van der Waals surface area contributed by atoms with Crippen LogP contribution in [0, 0.1) is 0 Å². The van der Waals surface area contributed by atoms with E-state index in [4.69, 9.17) is 4.74 Å². The number of H-pyrrole nitrogens is 1. The van der Waals surface area contributed by atoms with E-state index < -0.39 is 41.2 Å². The van der Waals surface area contributed by atoms with Gasteiger partial charge in [0.2, 0.25) is 5.95 Å². The van der Waals surface area contributed by atoms with Gasteiger partial charge in [-0.15, -0.1) is 0 Å². The predicted octanol–water partition coefficient (Wildman–Crippen LogP) is 3.48. The van der Waals surface area contributed by atoms with Crippen molar-refractivity contribution in [3.05, 3.63) is 51.7 Å². The Morgan fingerprint density at radius 2 is 1.74 bits per heavy atom. The highest BCUT2D eigenvalue weighted by molar-refractivity contribution is 5.68. The molecule has 3 heterocycles. The summed E-state index contributed by atoms with van der Waals surface area (Å²) in [6.07, 6.45) is -7.57. The van der Waals surface area contributed by atoms with Crippen LogP contribution in [0.2, 0.25) is 0 Å². The second-order valence-corrected chi connectivity index (χ2v) is 7.89. The lowest BCUT2D eigenvalue weighted by atomic mass is 10.1. The van der Waals surface area contributed by atoms with Crippen LogP contribution in [-0.2, 0) is 23.5 Å². The monoisotopic (exact) mass is 493 g/mol. The molecule has 2 aromatic heterocycles. The molecule has 0 unspecified atom stereocenters. The summed E-state index contributed by atoms with van der Waals surface area (Å²) >= 11 is 0. The number of anilines is 1. The quantitative estimate of drug-likeness (QED) is 0.656. The summed E-state index contributed by atoms with van der Waals surface area (Å²) in [4.78, 5) is 36.5. The third-order valence-electron chi connectivity index (χ3n) is 5.33. The number of aromatic amines is 1. The van der Waals surface area contributed by atoms with Crippen molar-refractivity contribution in [2.45, 2.75) is 44.7 Å². The van der Waals surface area contributed by atoms with Crippen LogP contribution in [0.25, 0.3) is 0 Å². The first-order valence-electron chi connectivity index (χ1n) is 10.2. The number of carbonyl (C=O) groups excluding carboxylic acids is 1. The fourth-order valence-electron chi connectivity index (χ4n) is 3.50. The van der Waals surface area contributed by atoms with E-state index in [1.807, 2.05) is 4.98 Å². The number of aromatic nitrogens is 3. The maximum atomic E-state index is 12.9. The zero-order chi connectivity index (χ0) is 25.3. The van der Waals surface area contributed by atoms with Gasteiger partial charge >= 0.3 is 18.4 Å². The normalized spacial score (nSPS) is 19.3. The number of hydrogen-bond acceptors (Lipinski definition) is 6. The SMILES string of the molecule is C[C@@H]1CN(c2ncc(C(F)(F)F)cn2)[C@@H](C)CN1C(=O)OCCc1c[nH]c(=O)c(C(F)(F)F)c1. The predicted molar refractivity (Wildman–Crippen MR) is 107 cm³/mol. The van der Waals surface area contributed by atoms with Crippen molar-refractivity contribution in [2.75, 3.05) is 24.6 Å². The minimum atomic E-state index is -4.80. The van der Waals surface area contributed by atoms with Gasteiger partial charge in [-0.3, -0.25) is 4.79 Å². The molecule has 2 aromatic rings. The third kappa shape index (κ3) is 5.78. The molecule has 2 atom stereocenters. The highest BCUT2D eigenvalue weighted by atomic mass is 19.4. The van der Waals surface area contributed by atoms with Gasteiger partial charge in [-0.1, -0.05) is 0 Å². The topological polar surface area (TPSA) is 91.4 Å². The first-order chi connectivity index (χ1) is 15.8. The summed E-state index contributed by atoms with van der Waals surface area (Å²) in [5.41, 5.74) is -3.42. The summed E-state index contributed by atoms with van der Waals surface area (Å²) in [6.45, 7) is 3.64. The Kier molecular flexibility index (Phi) is 7.07. The van der Waals surface area contributed by atoms with E-state index in [0.717, 1.165) is 6.20 Å². The highest BCUT2D eigenvalue weighted by Crippen LogP contribution is 2.29. The summed E-state index contributed by atoms with van der Waals surface area (Å²) in [6, 6.07) is -0.0336. The number of pyridine rings is 1. The van der Waals surface area contributed by atoms with Crippen LogP contribution in [0.15, 0.2) is 29.5 Å². The van der Waals surface area contributed by atoms with Gasteiger partial charge in [-0.25, -0.2) is 14.8 Å². The van der Waals surface area contributed by atoms with Crippen LogP contribution < -0.4 is 10.5 Å². The molecule has 8 nitrogen and oxygen atoms in total. The fourth-order valence-corrected chi connectivity index (χ4v) is 3.50. The average molecular weight is 493 g/mol. The van der Waals surface area contributed by atoms with Gasteiger partial charge < -0.3 is 19.5 Å². The summed E-state index contributed by atoms with van der Waals surface area (Å²) < 4.78 is 81.9. The van der Waals surface area contributed by atoms with Crippen LogP contribution >= 0.6 is 0 Å². The lowest BCUT2D eigenvalue weighted by Crippen LogP contribution is -2.58. The summed E-state index contributed by atoms with van der Waals surface area (Å²) in [5.74, 6) is 0.0962. The molecule has 1 saturated heterocycles. The number of amides is 1. The van der Waals surface area contributed by atoms with Crippen molar-refractivity contribution in [3.63, 3.8) is 0 Å². The molecule has 0 bridgehead atoms. The Balaban J connectivity index is 1.58. The molecule has 0 aromatic carbocycles. The number of nitrogens with one attached hydrogen (secondary N) is 1. The van der Waals surface area contributed by atoms with Gasteiger partial charge in [-0.05, 0) is 25.5 Å². The Labute approximate surface area is 189 Å². The Morgan fingerprint density at radius 1 is 1.09 bits per heavy atom. The molecule has 186 valence electrons. The average Bonchev–Trinajstić information content (AvgIpc) is 2.74. The lowest BCUT2D eigenvalue weighted by Gasteiger charge is -2.43. The van der Waals surface area contributed by atoms with E-state index in [-0.39, 0.29) is 43.7 Å². The smallest absolute Gasteiger partial charge is 0.421 e. The van der Waals surface area contributed by atoms with Gasteiger partial charge in [0.15, 0.2) is 0 Å². The number of carbonyl (C=O) groups is 1. The molecule has 1 aliphatic heterocycles. The molecule has 0 aliphatic carbocycles. The fraction of sp³-hybridized carbons (Fsp3) is 0.500. The zero-order valence-corrected chi connectivity index (χ0v) is 18.1. The molecule has 34 heavy (non-hydrogen) atoms. The molecule has 0 saturated carbocycles. The van der Waals surface area contributed by atoms with Gasteiger partial charge in [0.25, 0.3) is 5.56 Å². The van der Waals surface area contributed by atoms with Gasteiger partial charge in [0.1, 0.15) is 5.56 Å². The van der Waals surface area contributed by atoms with Gasteiger partial charge in [0.05, 0.1) is 12.2 Å². The molecule has 14 heteroatoms. The standard InChI is InChI=1S/C20H21F6N5O3/c1-11-10-31(12(2)9-30(11)17-28-7-14(8-29-17)19(21,22)23)18(33)34-4-3-13-5-15(20(24,25)26)16(32)27-6-13/h5-8,11-12H,3-4,9-10H2,1-2H3,(H,27,32)/t11-,12+/m0/s1. The second-order valence-electron chi connectivity index (χ2n) is 7.89. The zero-order valence-electron chi connectivity index (χ0n) is 18.1. The molecule has 1 fully saturated rings. The number of halogens is 6. The number of piperazine rings is 1. The minimum absolute atomic E-state index is 0.0467. The van der Waals surface area contributed by atoms with E-state index in [1.54, 1.807) is 18.7 Å². The molecule has 0 radical (unpaired) electrons. The van der Waals surface area contributed by atoms with E-state index in [0.29, 0.717) is 18.5 Å². The number of alkyl halides is 6. The van der Waals surface area contributed by atoms with Crippen LogP contribution in [0.5, 0.6) is 0 Å². The number of rotatable bonds is 4. The lowest BCUT2D eigenvalue weighted by molar-refractivity contribution is -0.139. The van der Waals surface area contributed by atoms with Crippen LogP contribution in [0.4, 0.5) is 37.1 Å². The van der Waals surface area contributed by atoms with Gasteiger partial charge in [-0.2, -0.15) is 26.3 Å². The van der Waals surface area contributed by atoms with Crippen LogP contribution in [0.1, 0.15) is 30.5 Å². The van der Waals surface area contributed by atoms with Crippen molar-refractivity contribution in [3.8, 4) is 0 Å². The second kappa shape index (κ2) is 9.50. The van der Waals surface area contributed by atoms with Crippen molar-refractivity contribution >= 4 is 12.0 Å². The maximum absolute atomic E-state index is 12.9. The maximum Gasteiger partial charge on any atom is 0.421 e. The molecular formula is C20H21F6N5O3. The Bertz CT molecular complexity index is 1070. The first-order valence-corrected chi connectivity index (χ1v) is 10.2. The Hall–Kier alpha value is -3.32. The van der Waals surface area contributed by atoms with Crippen LogP contribution in [0.3, 0.4) is 0 Å². The van der Waals surface area contributed by atoms with Crippen molar-refractivity contribution in [1.82, 2.24) is 19.9 Å². The van der Waals surface area contributed by atoms with Crippen molar-refractivity contribution < 1.29 is 35.9 Å². The summed E-state index contributed by atoms with van der Waals surface area (Å²) in [7, 11) is 0. The highest BCUT2D eigenvalue weighted by Gasteiger charge is 2.36. The molecular weight excluding hydrogens is 472 g/mol. The van der Waals surface area contributed by atoms with E-state index >= 15 is 0 Å². The van der Waals surface area contributed by atoms with E-state index in [1.165, 1.54) is 4.90 Å². The molecule has 1 N–H and O–H groups in total. The molecule has 1 aliphatic rings. The van der Waals surface area contributed by atoms with E-state index in [9.17, 15) is 35.9 Å². The number of ether oxygens (including phenoxy) is 1. The molecule has 3 rings (SSSR count). The summed E-state index contributed by atoms with van der Waals surface area (Å²) in [5, 5.41) is 0. The third-order valence-corrected chi connectivity index (χ3v) is 5.33. The number of hydrogen-bond donors (Lipinski definition) is 1. The molecule has 1 amide bonds. The van der Waals surface area contributed by atoms with Gasteiger partial charge in [0, 0.05) is 50.2 Å². The van der Waals surface area contributed by atoms with Crippen molar-refractivity contribution in [1.29, 1.82) is 0 Å². The van der Waals surface area contributed by atoms with Crippen LogP contribution in [-0.4, -0.2) is 57.7 Å². The minimum Gasteiger partial charge on any atom is -0.449 e. The Morgan fingerprint density at radius 3 is 2.32 bits per heavy atom. The first kappa shape index (κ1) is 25.3.